The monoisotopic (exact) mass is 197 g/mol. The van der Waals surface area contributed by atoms with Crippen molar-refractivity contribution in [2.45, 2.75) is 18.0 Å². The Hall–Kier alpha value is 0.1000. The summed E-state index contributed by atoms with van der Waals surface area (Å²) in [4.78, 5) is 0. The second kappa shape index (κ2) is 6.60. The van der Waals surface area contributed by atoms with Gasteiger partial charge in [-0.3, -0.25) is 0 Å². The Morgan fingerprint density at radius 2 is 2.00 bits per heavy atom. The molecule has 0 fully saturated rings. The van der Waals surface area contributed by atoms with E-state index in [9.17, 15) is 4.39 Å². The van der Waals surface area contributed by atoms with Gasteiger partial charge in [0.15, 0.2) is 5.13 Å². The first kappa shape index (κ1) is 12.1. The zero-order valence-electron chi connectivity index (χ0n) is 7.15. The highest BCUT2D eigenvalue weighted by Crippen LogP contribution is 2.18. The van der Waals surface area contributed by atoms with Crippen LogP contribution in [0, 0.1) is 0 Å². The second-order valence-electron chi connectivity index (χ2n) is 2.70. The summed E-state index contributed by atoms with van der Waals surface area (Å²) in [6.45, 7) is 1.84. The SMILES string of the molecule is NCCCNCCC(F)(Cl)CN. The lowest BCUT2D eigenvalue weighted by Crippen LogP contribution is -2.31. The molecule has 1 atom stereocenters. The summed E-state index contributed by atoms with van der Waals surface area (Å²) in [5.74, 6) is 0. The molecule has 0 saturated carbocycles. The molecule has 12 heavy (non-hydrogen) atoms. The molecule has 0 aliphatic carbocycles. The maximum atomic E-state index is 12.9. The third-order valence-corrected chi connectivity index (χ3v) is 1.87. The zero-order chi connectivity index (χ0) is 9.45. The van der Waals surface area contributed by atoms with Gasteiger partial charge in [0.05, 0.1) is 0 Å². The van der Waals surface area contributed by atoms with E-state index in [0.717, 1.165) is 13.0 Å². The van der Waals surface area contributed by atoms with Gasteiger partial charge in [-0.25, -0.2) is 4.39 Å². The van der Waals surface area contributed by atoms with Crippen molar-refractivity contribution in [3.05, 3.63) is 0 Å². The van der Waals surface area contributed by atoms with E-state index in [0.29, 0.717) is 13.1 Å². The maximum absolute atomic E-state index is 12.9. The summed E-state index contributed by atoms with van der Waals surface area (Å²) in [6, 6.07) is 0. The summed E-state index contributed by atoms with van der Waals surface area (Å²) in [6.07, 6.45) is 1.12. The van der Waals surface area contributed by atoms with Gasteiger partial charge in [0.2, 0.25) is 0 Å². The van der Waals surface area contributed by atoms with Crippen LogP contribution in [0.1, 0.15) is 12.8 Å². The minimum Gasteiger partial charge on any atom is -0.330 e. The molecule has 0 aliphatic heterocycles. The molecular formula is C7H17ClFN3. The summed E-state index contributed by atoms with van der Waals surface area (Å²) < 4.78 is 12.9. The Kier molecular flexibility index (Phi) is 6.65. The van der Waals surface area contributed by atoms with E-state index in [1.54, 1.807) is 0 Å². The van der Waals surface area contributed by atoms with Crippen LogP contribution >= 0.6 is 11.6 Å². The molecular weight excluding hydrogens is 181 g/mol. The Morgan fingerprint density at radius 3 is 2.50 bits per heavy atom. The topological polar surface area (TPSA) is 64.1 Å². The van der Waals surface area contributed by atoms with Crippen LogP contribution in [0.3, 0.4) is 0 Å². The number of hydrogen-bond acceptors (Lipinski definition) is 3. The molecule has 0 aliphatic rings. The van der Waals surface area contributed by atoms with Crippen molar-refractivity contribution in [1.29, 1.82) is 0 Å². The Morgan fingerprint density at radius 1 is 1.33 bits per heavy atom. The van der Waals surface area contributed by atoms with Crippen molar-refractivity contribution in [3.8, 4) is 0 Å². The van der Waals surface area contributed by atoms with Gasteiger partial charge >= 0.3 is 0 Å². The Bertz CT molecular complexity index is 111. The predicted octanol–water partition coefficient (Wildman–Crippen LogP) is 0.178. The van der Waals surface area contributed by atoms with Gasteiger partial charge in [-0.1, -0.05) is 11.6 Å². The van der Waals surface area contributed by atoms with Gasteiger partial charge in [-0.2, -0.15) is 0 Å². The van der Waals surface area contributed by atoms with Gasteiger partial charge in [-0.15, -0.1) is 0 Å². The highest BCUT2D eigenvalue weighted by molar-refractivity contribution is 6.23. The standard InChI is InChI=1S/C7H17ClFN3/c8-7(9,6-11)2-5-12-4-1-3-10/h12H,1-6,10-11H2. The van der Waals surface area contributed by atoms with Crippen LogP contribution in [0.25, 0.3) is 0 Å². The first-order chi connectivity index (χ1) is 5.62. The van der Waals surface area contributed by atoms with E-state index in [1.165, 1.54) is 0 Å². The molecule has 0 amide bonds. The molecule has 5 N–H and O–H groups in total. The molecule has 0 saturated heterocycles. The lowest BCUT2D eigenvalue weighted by molar-refractivity contribution is 0.266. The summed E-state index contributed by atoms with van der Waals surface area (Å²) in [5.41, 5.74) is 10.4. The smallest absolute Gasteiger partial charge is 0.196 e. The fourth-order valence-electron chi connectivity index (χ4n) is 0.725. The number of rotatable bonds is 7. The van der Waals surface area contributed by atoms with Crippen LogP contribution < -0.4 is 16.8 Å². The number of nitrogens with two attached hydrogens (primary N) is 2. The minimum atomic E-state index is -1.75. The van der Waals surface area contributed by atoms with Gasteiger partial charge in [0.1, 0.15) is 0 Å². The molecule has 0 aromatic heterocycles. The molecule has 3 nitrogen and oxygen atoms in total. The van der Waals surface area contributed by atoms with Crippen LogP contribution in [-0.4, -0.2) is 31.3 Å². The maximum Gasteiger partial charge on any atom is 0.196 e. The summed E-state index contributed by atoms with van der Waals surface area (Å²) in [5, 5.41) is 1.26. The van der Waals surface area contributed by atoms with E-state index >= 15 is 0 Å². The van der Waals surface area contributed by atoms with Crippen molar-refractivity contribution in [2.24, 2.45) is 11.5 Å². The first-order valence-electron chi connectivity index (χ1n) is 4.11. The van der Waals surface area contributed by atoms with Crippen LogP contribution in [0.5, 0.6) is 0 Å². The fraction of sp³-hybridized carbons (Fsp3) is 1.00. The molecule has 0 rings (SSSR count). The van der Waals surface area contributed by atoms with Crippen LogP contribution in [0.2, 0.25) is 0 Å². The van der Waals surface area contributed by atoms with Gasteiger partial charge in [0, 0.05) is 13.0 Å². The van der Waals surface area contributed by atoms with Crippen molar-refractivity contribution >= 4 is 11.6 Å². The van der Waals surface area contributed by atoms with Crippen LogP contribution in [-0.2, 0) is 0 Å². The van der Waals surface area contributed by atoms with E-state index in [1.807, 2.05) is 0 Å². The molecule has 1 unspecified atom stereocenters. The molecule has 0 spiro atoms. The molecule has 0 aromatic carbocycles. The second-order valence-corrected chi connectivity index (χ2v) is 3.38. The summed E-state index contributed by atoms with van der Waals surface area (Å²) >= 11 is 5.38. The Labute approximate surface area is 77.6 Å². The van der Waals surface area contributed by atoms with Crippen LogP contribution in [0.15, 0.2) is 0 Å². The molecule has 74 valence electrons. The quantitative estimate of drug-likeness (QED) is 0.403. The van der Waals surface area contributed by atoms with E-state index in [-0.39, 0.29) is 13.0 Å². The van der Waals surface area contributed by atoms with Crippen molar-refractivity contribution < 1.29 is 4.39 Å². The summed E-state index contributed by atoms with van der Waals surface area (Å²) in [7, 11) is 0. The van der Waals surface area contributed by atoms with E-state index in [4.69, 9.17) is 23.1 Å². The van der Waals surface area contributed by atoms with Crippen LogP contribution in [0.4, 0.5) is 4.39 Å². The fourth-order valence-corrected chi connectivity index (χ4v) is 0.820. The molecule has 5 heteroatoms. The highest BCUT2D eigenvalue weighted by atomic mass is 35.5. The van der Waals surface area contributed by atoms with Crippen molar-refractivity contribution in [2.75, 3.05) is 26.2 Å². The van der Waals surface area contributed by atoms with Crippen molar-refractivity contribution in [3.63, 3.8) is 0 Å². The third kappa shape index (κ3) is 6.79. The van der Waals surface area contributed by atoms with Gasteiger partial charge in [0.25, 0.3) is 0 Å². The normalized spacial score (nSPS) is 16.0. The number of alkyl halides is 2. The number of hydrogen-bond donors (Lipinski definition) is 3. The van der Waals surface area contributed by atoms with Gasteiger partial charge < -0.3 is 16.8 Å². The lowest BCUT2D eigenvalue weighted by Gasteiger charge is -2.15. The molecule has 0 heterocycles. The number of halogens is 2. The molecule has 0 aromatic rings. The Balaban J connectivity index is 3.19. The molecule has 0 bridgehead atoms. The van der Waals surface area contributed by atoms with E-state index < -0.39 is 5.13 Å². The largest absolute Gasteiger partial charge is 0.330 e. The highest BCUT2D eigenvalue weighted by Gasteiger charge is 2.22. The lowest BCUT2D eigenvalue weighted by atomic mass is 10.2. The first-order valence-corrected chi connectivity index (χ1v) is 4.49. The van der Waals surface area contributed by atoms with Crippen molar-refractivity contribution in [1.82, 2.24) is 5.32 Å². The number of nitrogens with one attached hydrogen (secondary N) is 1. The molecule has 0 radical (unpaired) electrons. The third-order valence-electron chi connectivity index (χ3n) is 1.52. The van der Waals surface area contributed by atoms with Gasteiger partial charge in [-0.05, 0) is 26.1 Å². The zero-order valence-corrected chi connectivity index (χ0v) is 7.91. The van der Waals surface area contributed by atoms with E-state index in [2.05, 4.69) is 5.32 Å². The minimum absolute atomic E-state index is 0.146. The average Bonchev–Trinajstić information content (AvgIpc) is 2.04. The average molecular weight is 198 g/mol. The predicted molar refractivity (Wildman–Crippen MR) is 49.9 cm³/mol.